The molecule has 112 valence electrons. The molecule has 1 aromatic rings. The molecule has 3 nitrogen and oxygen atoms in total. The lowest BCUT2D eigenvalue weighted by Gasteiger charge is -2.13. The summed E-state index contributed by atoms with van der Waals surface area (Å²) in [5, 5.41) is 8.71. The van der Waals surface area contributed by atoms with Crippen LogP contribution in [-0.4, -0.2) is 12.6 Å². The zero-order valence-electron chi connectivity index (χ0n) is 12.8. The number of hydrogen-bond donors (Lipinski definition) is 0. The molecule has 0 spiro atoms. The monoisotopic (exact) mass is 285 g/mol. The van der Waals surface area contributed by atoms with Crippen molar-refractivity contribution in [2.24, 2.45) is 5.92 Å². The molecule has 0 saturated heterocycles. The summed E-state index contributed by atoms with van der Waals surface area (Å²) in [6.45, 7) is 4.78. The average Bonchev–Trinajstić information content (AvgIpc) is 2.53. The number of ether oxygens (including phenoxy) is 1. The molecule has 0 N–H and O–H groups in total. The molecule has 1 unspecified atom stereocenters. The summed E-state index contributed by atoms with van der Waals surface area (Å²) in [5.41, 5.74) is 1.49. The van der Waals surface area contributed by atoms with Crippen molar-refractivity contribution in [1.29, 1.82) is 5.26 Å². The molecule has 0 aliphatic rings. The van der Waals surface area contributed by atoms with Gasteiger partial charge in [0.1, 0.15) is 0 Å². The van der Waals surface area contributed by atoms with Crippen LogP contribution >= 0.6 is 0 Å². The van der Waals surface area contributed by atoms with Crippen LogP contribution in [-0.2, 0) is 9.53 Å². The highest BCUT2D eigenvalue weighted by Gasteiger charge is 2.08. The molecule has 1 atom stereocenters. The molecule has 21 heavy (non-hydrogen) atoms. The Balaban J connectivity index is 2.41. The third kappa shape index (κ3) is 6.76. The number of rotatable bonds is 8. The Labute approximate surface area is 127 Å². The summed E-state index contributed by atoms with van der Waals surface area (Å²) in [5.74, 6) is 0.145. The predicted molar refractivity (Wildman–Crippen MR) is 84.5 cm³/mol. The second-order valence-corrected chi connectivity index (χ2v) is 5.11. The average molecular weight is 285 g/mol. The second kappa shape index (κ2) is 9.77. The van der Waals surface area contributed by atoms with Gasteiger partial charge in [-0.2, -0.15) is 5.26 Å². The van der Waals surface area contributed by atoms with E-state index in [-0.39, 0.29) is 5.97 Å². The molecule has 0 aromatic heterocycles. The molecular formula is C18H23NO2. The van der Waals surface area contributed by atoms with E-state index in [1.54, 1.807) is 30.3 Å². The van der Waals surface area contributed by atoms with Gasteiger partial charge in [0.2, 0.25) is 0 Å². The van der Waals surface area contributed by atoms with Crippen LogP contribution in [0.5, 0.6) is 0 Å². The van der Waals surface area contributed by atoms with E-state index in [1.165, 1.54) is 18.9 Å². The largest absolute Gasteiger partial charge is 0.462 e. The number of esters is 1. The summed E-state index contributed by atoms with van der Waals surface area (Å²) in [6, 6.07) is 9.12. The van der Waals surface area contributed by atoms with Gasteiger partial charge in [0.05, 0.1) is 18.2 Å². The summed E-state index contributed by atoms with van der Waals surface area (Å²) >= 11 is 0. The highest BCUT2D eigenvalue weighted by Crippen LogP contribution is 2.13. The minimum Gasteiger partial charge on any atom is -0.462 e. The van der Waals surface area contributed by atoms with Gasteiger partial charge in [0.25, 0.3) is 0 Å². The van der Waals surface area contributed by atoms with Gasteiger partial charge in [0.15, 0.2) is 0 Å². The smallest absolute Gasteiger partial charge is 0.330 e. The Morgan fingerprint density at radius 2 is 2.05 bits per heavy atom. The fourth-order valence-corrected chi connectivity index (χ4v) is 1.98. The first-order valence-corrected chi connectivity index (χ1v) is 7.54. The van der Waals surface area contributed by atoms with Crippen molar-refractivity contribution in [2.45, 2.75) is 39.5 Å². The van der Waals surface area contributed by atoms with Gasteiger partial charge in [-0.25, -0.2) is 4.79 Å². The summed E-state index contributed by atoms with van der Waals surface area (Å²) < 4.78 is 5.28. The highest BCUT2D eigenvalue weighted by molar-refractivity contribution is 5.87. The van der Waals surface area contributed by atoms with Crippen LogP contribution in [0, 0.1) is 17.2 Å². The van der Waals surface area contributed by atoms with E-state index in [1.807, 2.05) is 0 Å². The van der Waals surface area contributed by atoms with Crippen molar-refractivity contribution in [3.8, 4) is 6.07 Å². The highest BCUT2D eigenvalue weighted by atomic mass is 16.5. The lowest BCUT2D eigenvalue weighted by atomic mass is 10.0. The molecule has 0 aliphatic carbocycles. The fraction of sp³-hybridized carbons (Fsp3) is 0.444. The number of hydrogen-bond acceptors (Lipinski definition) is 3. The summed E-state index contributed by atoms with van der Waals surface area (Å²) in [7, 11) is 0. The number of benzene rings is 1. The summed E-state index contributed by atoms with van der Waals surface area (Å²) in [6.07, 6.45) is 7.64. The molecule has 0 bridgehead atoms. The molecule has 0 heterocycles. The van der Waals surface area contributed by atoms with Crippen LogP contribution in [0.2, 0.25) is 0 Å². The zero-order chi connectivity index (χ0) is 15.5. The molecule has 3 heteroatoms. The minimum absolute atomic E-state index is 0.311. The van der Waals surface area contributed by atoms with E-state index in [9.17, 15) is 4.79 Å². The van der Waals surface area contributed by atoms with Gasteiger partial charge >= 0.3 is 5.97 Å². The lowest BCUT2D eigenvalue weighted by molar-refractivity contribution is -0.139. The maximum Gasteiger partial charge on any atom is 0.330 e. The molecule has 1 rings (SSSR count). The van der Waals surface area contributed by atoms with Gasteiger partial charge in [-0.05, 0) is 36.1 Å². The van der Waals surface area contributed by atoms with Crippen molar-refractivity contribution < 1.29 is 9.53 Å². The quantitative estimate of drug-likeness (QED) is 0.527. The number of nitrogens with zero attached hydrogens (tertiary/aromatic N) is 1. The van der Waals surface area contributed by atoms with Gasteiger partial charge in [-0.15, -0.1) is 0 Å². The lowest BCUT2D eigenvalue weighted by Crippen LogP contribution is -2.12. The van der Waals surface area contributed by atoms with Crippen LogP contribution in [0.15, 0.2) is 30.3 Å². The third-order valence-electron chi connectivity index (χ3n) is 3.46. The Hall–Kier alpha value is -2.08. The molecule has 1 aromatic carbocycles. The van der Waals surface area contributed by atoms with Crippen molar-refractivity contribution in [2.75, 3.05) is 6.61 Å². The van der Waals surface area contributed by atoms with E-state index < -0.39 is 0 Å². The molecule has 0 aliphatic heterocycles. The number of carbonyl (C=O) groups excluding carboxylic acids is 1. The van der Waals surface area contributed by atoms with Gasteiger partial charge in [0, 0.05) is 6.08 Å². The fourth-order valence-electron chi connectivity index (χ4n) is 1.98. The molecule has 0 saturated carbocycles. The van der Waals surface area contributed by atoms with Crippen LogP contribution in [0.3, 0.4) is 0 Å². The minimum atomic E-state index is -0.311. The third-order valence-corrected chi connectivity index (χ3v) is 3.46. The second-order valence-electron chi connectivity index (χ2n) is 5.11. The van der Waals surface area contributed by atoms with Gasteiger partial charge < -0.3 is 4.74 Å². The molecule has 0 fully saturated rings. The van der Waals surface area contributed by atoms with Crippen LogP contribution in [0.25, 0.3) is 6.08 Å². The van der Waals surface area contributed by atoms with E-state index in [0.717, 1.165) is 18.4 Å². The van der Waals surface area contributed by atoms with Crippen molar-refractivity contribution in [3.63, 3.8) is 0 Å². The van der Waals surface area contributed by atoms with Crippen LogP contribution < -0.4 is 0 Å². The maximum absolute atomic E-state index is 11.7. The van der Waals surface area contributed by atoms with E-state index in [2.05, 4.69) is 19.9 Å². The molecule has 0 radical (unpaired) electrons. The Kier molecular flexibility index (Phi) is 7.89. The van der Waals surface area contributed by atoms with E-state index in [0.29, 0.717) is 18.1 Å². The van der Waals surface area contributed by atoms with E-state index >= 15 is 0 Å². The first-order valence-electron chi connectivity index (χ1n) is 7.54. The first kappa shape index (κ1) is 17.0. The zero-order valence-corrected chi connectivity index (χ0v) is 12.8. The Bertz CT molecular complexity index is 497. The molecular weight excluding hydrogens is 262 g/mol. The number of unbranched alkanes of at least 4 members (excludes halogenated alkanes) is 1. The SMILES string of the molecule is CCCCC(CC)COC(=O)/C=C/c1ccc(C#N)cc1. The summed E-state index contributed by atoms with van der Waals surface area (Å²) in [4.78, 5) is 11.7. The normalized spacial score (nSPS) is 12.0. The predicted octanol–water partition coefficient (Wildman–Crippen LogP) is 4.33. The van der Waals surface area contributed by atoms with Crippen molar-refractivity contribution in [3.05, 3.63) is 41.5 Å². The van der Waals surface area contributed by atoms with Crippen LogP contribution in [0.4, 0.5) is 0 Å². The van der Waals surface area contributed by atoms with Crippen LogP contribution in [0.1, 0.15) is 50.7 Å². The van der Waals surface area contributed by atoms with Crippen molar-refractivity contribution in [1.82, 2.24) is 0 Å². The van der Waals surface area contributed by atoms with Crippen molar-refractivity contribution >= 4 is 12.0 Å². The van der Waals surface area contributed by atoms with Gasteiger partial charge in [-0.3, -0.25) is 0 Å². The Morgan fingerprint density at radius 1 is 1.33 bits per heavy atom. The Morgan fingerprint density at radius 3 is 2.62 bits per heavy atom. The van der Waals surface area contributed by atoms with E-state index in [4.69, 9.17) is 10.00 Å². The van der Waals surface area contributed by atoms with Gasteiger partial charge in [-0.1, -0.05) is 45.2 Å². The number of nitriles is 1. The number of carbonyl (C=O) groups is 1. The molecule has 0 amide bonds. The first-order chi connectivity index (χ1) is 10.2. The maximum atomic E-state index is 11.7. The standard InChI is InChI=1S/C18H23NO2/c1-3-5-6-15(4-2)14-21-18(20)12-11-16-7-9-17(13-19)10-8-16/h7-12,15H,3-6,14H2,1-2H3/b12-11+. The topological polar surface area (TPSA) is 50.1 Å².